The van der Waals surface area contributed by atoms with Crippen molar-refractivity contribution in [3.05, 3.63) is 37.9 Å². The summed E-state index contributed by atoms with van der Waals surface area (Å²) in [5, 5.41) is 5.78. The molecular weight excluding hydrogens is 366 g/mol. The Morgan fingerprint density at radius 2 is 2.08 bits per heavy atom. The fraction of sp³-hybridized carbons (Fsp3) is 0.474. The number of amides is 2. The quantitative estimate of drug-likeness (QED) is 0.746. The van der Waals surface area contributed by atoms with Gasteiger partial charge in [-0.1, -0.05) is 0 Å². The monoisotopic (exact) mass is 390 g/mol. The minimum absolute atomic E-state index is 0.0355. The van der Waals surface area contributed by atoms with E-state index in [4.69, 9.17) is 5.73 Å². The topological polar surface area (TPSA) is 76.6 Å². The van der Waals surface area contributed by atoms with Crippen molar-refractivity contribution in [2.24, 2.45) is 5.73 Å². The minimum Gasteiger partial charge on any atom is -0.365 e. The number of carbonyl (C=O) groups excluding carboxylic acids is 2. The summed E-state index contributed by atoms with van der Waals surface area (Å²) >= 11 is 3.34. The lowest BCUT2D eigenvalue weighted by Crippen LogP contribution is -3.14. The standard InChI is InChI=1S/C19H23N3O2S2/c1-11-12-7-9-25-14(12)6-8-22(11)10-16(23)21-19-17(18(20)24)13-4-2-3-5-15(13)26-19/h7,9,11H,2-6,8,10H2,1H3,(H2,20,24)(H,21,23)/p+1/t11-/m0/s1. The molecule has 0 saturated carbocycles. The summed E-state index contributed by atoms with van der Waals surface area (Å²) in [4.78, 5) is 28.6. The Hall–Kier alpha value is -1.70. The molecule has 1 aliphatic heterocycles. The zero-order valence-electron chi connectivity index (χ0n) is 14.9. The maximum atomic E-state index is 12.7. The summed E-state index contributed by atoms with van der Waals surface area (Å²) in [6, 6.07) is 2.50. The number of nitrogens with one attached hydrogen (secondary N) is 2. The first-order valence-electron chi connectivity index (χ1n) is 9.19. The number of anilines is 1. The van der Waals surface area contributed by atoms with Crippen LogP contribution in [-0.2, 0) is 24.1 Å². The van der Waals surface area contributed by atoms with Gasteiger partial charge in [0.25, 0.3) is 11.8 Å². The van der Waals surface area contributed by atoms with Gasteiger partial charge in [0.2, 0.25) is 0 Å². The van der Waals surface area contributed by atoms with E-state index in [2.05, 4.69) is 23.7 Å². The van der Waals surface area contributed by atoms with Crippen LogP contribution in [0, 0.1) is 0 Å². The fourth-order valence-electron chi connectivity index (χ4n) is 4.18. The molecule has 2 amide bonds. The summed E-state index contributed by atoms with van der Waals surface area (Å²) in [7, 11) is 0. The van der Waals surface area contributed by atoms with Crippen molar-refractivity contribution in [3.8, 4) is 0 Å². The highest BCUT2D eigenvalue weighted by Crippen LogP contribution is 2.37. The normalized spacial score (nSPS) is 21.7. The molecule has 4 N–H and O–H groups in total. The molecule has 0 bridgehead atoms. The molecule has 2 aromatic rings. The Bertz CT molecular complexity index is 855. The van der Waals surface area contributed by atoms with Crippen LogP contribution in [0.2, 0.25) is 0 Å². The third-order valence-electron chi connectivity index (χ3n) is 5.59. The number of primary amides is 1. The molecule has 4 rings (SSSR count). The first-order chi connectivity index (χ1) is 12.5. The van der Waals surface area contributed by atoms with Crippen molar-refractivity contribution >= 4 is 39.5 Å². The smallest absolute Gasteiger partial charge is 0.280 e. The first-order valence-corrected chi connectivity index (χ1v) is 10.9. The van der Waals surface area contributed by atoms with Gasteiger partial charge in [-0.05, 0) is 49.6 Å². The maximum absolute atomic E-state index is 12.7. The van der Waals surface area contributed by atoms with Gasteiger partial charge < -0.3 is 16.0 Å². The SMILES string of the molecule is C[C@H]1c2ccsc2CC[NH+]1CC(=O)Nc1sc2c(c1C(N)=O)CCCC2. The van der Waals surface area contributed by atoms with E-state index in [1.54, 1.807) is 0 Å². The van der Waals surface area contributed by atoms with E-state index in [0.29, 0.717) is 23.2 Å². The molecule has 138 valence electrons. The highest BCUT2D eigenvalue weighted by atomic mass is 32.1. The van der Waals surface area contributed by atoms with E-state index in [-0.39, 0.29) is 5.91 Å². The minimum atomic E-state index is -0.429. The number of quaternary nitrogens is 1. The van der Waals surface area contributed by atoms with Crippen molar-refractivity contribution in [1.29, 1.82) is 0 Å². The number of thiophene rings is 2. The van der Waals surface area contributed by atoms with Crippen LogP contribution < -0.4 is 16.0 Å². The number of rotatable bonds is 4. The third-order valence-corrected chi connectivity index (χ3v) is 7.79. The number of fused-ring (bicyclic) bond motifs is 2. The Kier molecular flexibility index (Phi) is 4.86. The number of hydrogen-bond acceptors (Lipinski definition) is 4. The van der Waals surface area contributed by atoms with Gasteiger partial charge in [-0.25, -0.2) is 0 Å². The van der Waals surface area contributed by atoms with Gasteiger partial charge in [0.1, 0.15) is 11.0 Å². The van der Waals surface area contributed by atoms with Crippen LogP contribution in [0.5, 0.6) is 0 Å². The van der Waals surface area contributed by atoms with Gasteiger partial charge in [0, 0.05) is 21.7 Å². The molecule has 5 nitrogen and oxygen atoms in total. The zero-order valence-corrected chi connectivity index (χ0v) is 16.5. The highest BCUT2D eigenvalue weighted by Gasteiger charge is 2.31. The maximum Gasteiger partial charge on any atom is 0.280 e. The summed E-state index contributed by atoms with van der Waals surface area (Å²) < 4.78 is 0. The predicted octanol–water partition coefficient (Wildman–Crippen LogP) is 1.93. The van der Waals surface area contributed by atoms with Crippen LogP contribution in [0.15, 0.2) is 11.4 Å². The molecule has 7 heteroatoms. The fourth-order valence-corrected chi connectivity index (χ4v) is 6.47. The van der Waals surface area contributed by atoms with Crippen LogP contribution >= 0.6 is 22.7 Å². The van der Waals surface area contributed by atoms with Gasteiger partial charge in [-0.2, -0.15) is 0 Å². The molecule has 2 aliphatic rings. The van der Waals surface area contributed by atoms with Crippen molar-refractivity contribution in [3.63, 3.8) is 0 Å². The summed E-state index contributed by atoms with van der Waals surface area (Å²) in [5.74, 6) is -0.465. The number of aryl methyl sites for hydroxylation is 1. The van der Waals surface area contributed by atoms with Crippen LogP contribution in [-0.4, -0.2) is 24.9 Å². The van der Waals surface area contributed by atoms with E-state index in [9.17, 15) is 9.59 Å². The van der Waals surface area contributed by atoms with Crippen LogP contribution in [0.4, 0.5) is 5.00 Å². The molecule has 3 heterocycles. The summed E-state index contributed by atoms with van der Waals surface area (Å²) in [6.07, 6.45) is 5.11. The molecule has 0 aromatic carbocycles. The van der Waals surface area contributed by atoms with E-state index in [0.717, 1.165) is 44.2 Å². The van der Waals surface area contributed by atoms with E-state index < -0.39 is 5.91 Å². The van der Waals surface area contributed by atoms with E-state index >= 15 is 0 Å². The largest absolute Gasteiger partial charge is 0.365 e. The lowest BCUT2D eigenvalue weighted by molar-refractivity contribution is -0.923. The summed E-state index contributed by atoms with van der Waals surface area (Å²) in [5.41, 5.74) is 8.59. The van der Waals surface area contributed by atoms with Gasteiger partial charge >= 0.3 is 0 Å². The highest BCUT2D eigenvalue weighted by molar-refractivity contribution is 7.17. The average Bonchev–Trinajstić information content (AvgIpc) is 3.21. The van der Waals surface area contributed by atoms with Crippen molar-refractivity contribution in [2.45, 2.75) is 45.1 Å². The Morgan fingerprint density at radius 3 is 2.88 bits per heavy atom. The number of nitrogens with two attached hydrogens (primary N) is 1. The van der Waals surface area contributed by atoms with E-state index in [1.807, 2.05) is 11.3 Å². The molecule has 26 heavy (non-hydrogen) atoms. The van der Waals surface area contributed by atoms with Gasteiger partial charge in [-0.15, -0.1) is 22.7 Å². The van der Waals surface area contributed by atoms with Crippen molar-refractivity contribution in [2.75, 3.05) is 18.4 Å². The molecule has 0 saturated heterocycles. The Balaban J connectivity index is 1.49. The second-order valence-corrected chi connectivity index (χ2v) is 9.29. The van der Waals surface area contributed by atoms with E-state index in [1.165, 1.54) is 31.6 Å². The second-order valence-electron chi connectivity index (χ2n) is 7.18. The molecule has 0 radical (unpaired) electrons. The second kappa shape index (κ2) is 7.13. The molecule has 2 atom stereocenters. The lowest BCUT2D eigenvalue weighted by atomic mass is 9.95. The Labute approximate surface area is 161 Å². The average molecular weight is 391 g/mol. The van der Waals surface area contributed by atoms with Crippen molar-refractivity contribution in [1.82, 2.24) is 0 Å². The van der Waals surface area contributed by atoms with Gasteiger partial charge in [-0.3, -0.25) is 9.59 Å². The predicted molar refractivity (Wildman–Crippen MR) is 105 cm³/mol. The Morgan fingerprint density at radius 1 is 1.27 bits per heavy atom. The first kappa shape index (κ1) is 17.7. The van der Waals surface area contributed by atoms with Gasteiger partial charge in [0.15, 0.2) is 6.54 Å². The lowest BCUT2D eigenvalue weighted by Gasteiger charge is -2.29. The third kappa shape index (κ3) is 3.19. The van der Waals surface area contributed by atoms with Crippen LogP contribution in [0.3, 0.4) is 0 Å². The zero-order chi connectivity index (χ0) is 18.3. The molecule has 2 aromatic heterocycles. The van der Waals surface area contributed by atoms with Crippen LogP contribution in [0.1, 0.15) is 57.0 Å². The molecule has 1 aliphatic carbocycles. The molecule has 0 fully saturated rings. The van der Waals surface area contributed by atoms with Gasteiger partial charge in [0.05, 0.1) is 12.1 Å². The number of hydrogen-bond donors (Lipinski definition) is 3. The molecule has 1 unspecified atom stereocenters. The summed E-state index contributed by atoms with van der Waals surface area (Å²) in [6.45, 7) is 3.56. The van der Waals surface area contributed by atoms with Crippen LogP contribution in [0.25, 0.3) is 0 Å². The van der Waals surface area contributed by atoms with Crippen molar-refractivity contribution < 1.29 is 14.5 Å². The molecule has 0 spiro atoms. The number of carbonyl (C=O) groups is 2. The molecular formula is C19H24N3O2S2+.